The largest absolute Gasteiger partial charge is 0.497 e. The molecule has 0 aliphatic carbocycles. The van der Waals surface area contributed by atoms with E-state index in [4.69, 9.17) is 4.74 Å². The summed E-state index contributed by atoms with van der Waals surface area (Å²) in [6.07, 6.45) is 5.62. The Bertz CT molecular complexity index is 766. The molecule has 2 aromatic rings. The average molecular weight is 405 g/mol. The summed E-state index contributed by atoms with van der Waals surface area (Å²) in [7, 11) is 1.66. The van der Waals surface area contributed by atoms with Crippen LogP contribution in [0.25, 0.3) is 10.9 Å². The molecule has 25 heavy (non-hydrogen) atoms. The van der Waals surface area contributed by atoms with Crippen molar-refractivity contribution < 1.29 is 9.84 Å². The van der Waals surface area contributed by atoms with Crippen molar-refractivity contribution in [3.8, 4) is 5.75 Å². The summed E-state index contributed by atoms with van der Waals surface area (Å²) in [4.78, 5) is 6.86. The van der Waals surface area contributed by atoms with E-state index in [-0.39, 0.29) is 23.0 Å². The Hall–Kier alpha value is -1.43. The SMILES string of the molecule is Br.C=CC1CN2CCC1C[C@H]2[C@H](O)c1ccnc2ccc(OC)cc12. The van der Waals surface area contributed by atoms with Crippen LogP contribution in [0.2, 0.25) is 0 Å². The quantitative estimate of drug-likeness (QED) is 0.788. The maximum absolute atomic E-state index is 11.2. The number of hydrogen-bond acceptors (Lipinski definition) is 4. The second-order valence-corrected chi connectivity index (χ2v) is 6.97. The maximum Gasteiger partial charge on any atom is 0.119 e. The number of aliphatic hydroxyl groups excluding tert-OH is 1. The molecule has 4 heterocycles. The zero-order chi connectivity index (χ0) is 16.7. The predicted octanol–water partition coefficient (Wildman–Crippen LogP) is 3.75. The normalized spacial score (nSPS) is 29.0. The Labute approximate surface area is 159 Å². The third-order valence-corrected chi connectivity index (χ3v) is 5.82. The molecule has 0 spiro atoms. The third kappa shape index (κ3) is 3.21. The predicted molar refractivity (Wildman–Crippen MR) is 105 cm³/mol. The molecular weight excluding hydrogens is 380 g/mol. The monoisotopic (exact) mass is 404 g/mol. The molecule has 3 fully saturated rings. The van der Waals surface area contributed by atoms with Crippen LogP contribution in [-0.4, -0.2) is 41.2 Å². The summed E-state index contributed by atoms with van der Waals surface area (Å²) in [5, 5.41) is 12.1. The number of rotatable bonds is 4. The van der Waals surface area contributed by atoms with E-state index in [2.05, 4.69) is 22.5 Å². The molecule has 1 aromatic heterocycles. The summed E-state index contributed by atoms with van der Waals surface area (Å²) < 4.78 is 5.35. The molecule has 134 valence electrons. The summed E-state index contributed by atoms with van der Waals surface area (Å²) >= 11 is 0. The van der Waals surface area contributed by atoms with Crippen molar-refractivity contribution in [3.05, 3.63) is 48.7 Å². The molecule has 5 atom stereocenters. The van der Waals surface area contributed by atoms with E-state index in [9.17, 15) is 5.11 Å². The second kappa shape index (κ2) is 7.44. The van der Waals surface area contributed by atoms with Gasteiger partial charge in [-0.05, 0) is 61.1 Å². The van der Waals surface area contributed by atoms with Crippen molar-refractivity contribution in [2.45, 2.75) is 25.0 Å². The first kappa shape index (κ1) is 18.4. The number of aromatic nitrogens is 1. The van der Waals surface area contributed by atoms with Crippen LogP contribution >= 0.6 is 17.0 Å². The van der Waals surface area contributed by atoms with Gasteiger partial charge >= 0.3 is 0 Å². The van der Waals surface area contributed by atoms with Crippen LogP contribution in [0.1, 0.15) is 24.5 Å². The van der Waals surface area contributed by atoms with E-state index < -0.39 is 6.10 Å². The number of methoxy groups -OCH3 is 1. The molecule has 2 bridgehead atoms. The van der Waals surface area contributed by atoms with E-state index in [1.165, 1.54) is 6.42 Å². The molecule has 3 aliphatic heterocycles. The lowest BCUT2D eigenvalue weighted by atomic mass is 9.73. The number of ether oxygens (including phenoxy) is 1. The standard InChI is InChI=1S/C20H24N2O2.BrH/c1-3-13-12-22-9-7-14(13)10-19(22)20(23)16-6-8-21-18-5-4-15(24-2)11-17(16)18;/h3-6,8,11,13-14,19-20,23H,1,7,9-10,12H2,2H3;1H/t13?,14?,19-,20+;/m0./s1. The fourth-order valence-electron chi connectivity index (χ4n) is 4.44. The van der Waals surface area contributed by atoms with Gasteiger partial charge in [0.2, 0.25) is 0 Å². The molecule has 5 heteroatoms. The molecule has 1 N–H and O–H groups in total. The summed E-state index contributed by atoms with van der Waals surface area (Å²) in [6.45, 7) is 6.07. The smallest absolute Gasteiger partial charge is 0.119 e. The number of fused-ring (bicyclic) bond motifs is 4. The van der Waals surface area contributed by atoms with Gasteiger partial charge in [-0.25, -0.2) is 0 Å². The van der Waals surface area contributed by atoms with Crippen LogP contribution in [-0.2, 0) is 0 Å². The first-order chi connectivity index (χ1) is 11.7. The number of benzene rings is 1. The minimum atomic E-state index is -0.504. The maximum atomic E-state index is 11.2. The van der Waals surface area contributed by atoms with Gasteiger partial charge in [0.05, 0.1) is 18.7 Å². The fraction of sp³-hybridized carbons (Fsp3) is 0.450. The van der Waals surface area contributed by atoms with E-state index in [0.29, 0.717) is 11.8 Å². The van der Waals surface area contributed by atoms with Gasteiger partial charge < -0.3 is 9.84 Å². The Kier molecular flexibility index (Phi) is 5.46. The molecule has 5 rings (SSSR count). The summed E-state index contributed by atoms with van der Waals surface area (Å²) in [5.41, 5.74) is 1.85. The van der Waals surface area contributed by atoms with Gasteiger partial charge in [0.1, 0.15) is 5.75 Å². The van der Waals surface area contributed by atoms with Crippen molar-refractivity contribution in [2.75, 3.05) is 20.2 Å². The molecule has 0 radical (unpaired) electrons. The molecule has 1 aromatic carbocycles. The highest BCUT2D eigenvalue weighted by atomic mass is 79.9. The minimum Gasteiger partial charge on any atom is -0.497 e. The first-order valence-electron chi connectivity index (χ1n) is 8.68. The second-order valence-electron chi connectivity index (χ2n) is 6.97. The van der Waals surface area contributed by atoms with Crippen LogP contribution < -0.4 is 4.74 Å². The van der Waals surface area contributed by atoms with Crippen molar-refractivity contribution in [3.63, 3.8) is 0 Å². The number of nitrogens with zero attached hydrogens (tertiary/aromatic N) is 2. The molecule has 3 unspecified atom stereocenters. The average Bonchev–Trinajstić information content (AvgIpc) is 2.66. The van der Waals surface area contributed by atoms with Crippen LogP contribution in [0.15, 0.2) is 43.1 Å². The van der Waals surface area contributed by atoms with Gasteiger partial charge in [0.25, 0.3) is 0 Å². The molecule has 3 aliphatic rings. The summed E-state index contributed by atoms with van der Waals surface area (Å²) in [6, 6.07) is 7.96. The Morgan fingerprint density at radius 3 is 2.92 bits per heavy atom. The van der Waals surface area contributed by atoms with Crippen LogP contribution in [0.4, 0.5) is 0 Å². The van der Waals surface area contributed by atoms with Crippen molar-refractivity contribution in [1.82, 2.24) is 9.88 Å². The molecule has 3 saturated heterocycles. The van der Waals surface area contributed by atoms with Gasteiger partial charge in [-0.2, -0.15) is 0 Å². The van der Waals surface area contributed by atoms with Crippen LogP contribution in [0.5, 0.6) is 5.75 Å². The van der Waals surface area contributed by atoms with Crippen LogP contribution in [0, 0.1) is 11.8 Å². The van der Waals surface area contributed by atoms with Crippen molar-refractivity contribution in [2.24, 2.45) is 11.8 Å². The van der Waals surface area contributed by atoms with Gasteiger partial charge in [-0.3, -0.25) is 9.88 Å². The molecular formula is C20H25BrN2O2. The highest BCUT2D eigenvalue weighted by Gasteiger charge is 2.42. The molecule has 0 saturated carbocycles. The molecule has 4 nitrogen and oxygen atoms in total. The number of piperidine rings is 3. The Balaban J connectivity index is 0.00000182. The lowest BCUT2D eigenvalue weighted by Gasteiger charge is -2.50. The summed E-state index contributed by atoms with van der Waals surface area (Å²) in [5.74, 6) is 2.01. The van der Waals surface area contributed by atoms with Gasteiger partial charge in [0.15, 0.2) is 0 Å². The van der Waals surface area contributed by atoms with Gasteiger partial charge in [-0.15, -0.1) is 23.6 Å². The highest BCUT2D eigenvalue weighted by Crippen LogP contribution is 2.42. The number of hydrogen-bond donors (Lipinski definition) is 1. The topological polar surface area (TPSA) is 45.6 Å². The fourth-order valence-corrected chi connectivity index (χ4v) is 4.44. The Morgan fingerprint density at radius 2 is 2.24 bits per heavy atom. The zero-order valence-corrected chi connectivity index (χ0v) is 16.2. The van der Waals surface area contributed by atoms with E-state index >= 15 is 0 Å². The minimum absolute atomic E-state index is 0. The van der Waals surface area contributed by atoms with Gasteiger partial charge in [0, 0.05) is 24.2 Å². The zero-order valence-electron chi connectivity index (χ0n) is 14.5. The number of halogens is 1. The highest BCUT2D eigenvalue weighted by molar-refractivity contribution is 8.93. The Morgan fingerprint density at radius 1 is 1.40 bits per heavy atom. The van der Waals surface area contributed by atoms with E-state index in [0.717, 1.165) is 41.7 Å². The first-order valence-corrected chi connectivity index (χ1v) is 8.68. The number of aliphatic hydroxyl groups is 1. The molecule has 0 amide bonds. The van der Waals surface area contributed by atoms with E-state index in [1.807, 2.05) is 24.3 Å². The van der Waals surface area contributed by atoms with Crippen molar-refractivity contribution >= 4 is 27.9 Å². The lowest BCUT2D eigenvalue weighted by molar-refractivity contribution is -0.0444. The number of pyridine rings is 1. The lowest BCUT2D eigenvalue weighted by Crippen LogP contribution is -2.54. The van der Waals surface area contributed by atoms with Crippen LogP contribution in [0.3, 0.4) is 0 Å². The van der Waals surface area contributed by atoms with Crippen molar-refractivity contribution in [1.29, 1.82) is 0 Å². The van der Waals surface area contributed by atoms with Gasteiger partial charge in [-0.1, -0.05) is 6.08 Å². The third-order valence-electron chi connectivity index (χ3n) is 5.82. The van der Waals surface area contributed by atoms with E-state index in [1.54, 1.807) is 13.3 Å².